The highest BCUT2D eigenvalue weighted by Crippen LogP contribution is 2.54. The van der Waals surface area contributed by atoms with Crippen LogP contribution in [0.5, 0.6) is 5.75 Å². The van der Waals surface area contributed by atoms with Crippen LogP contribution in [0.15, 0.2) is 42.5 Å². The van der Waals surface area contributed by atoms with Crippen LogP contribution in [-0.4, -0.2) is 47.5 Å². The molecule has 0 radical (unpaired) electrons. The molecule has 136 valence electrons. The molecule has 2 N–H and O–H groups in total. The smallest absolute Gasteiger partial charge is 0.168 e. The summed E-state index contributed by atoms with van der Waals surface area (Å²) < 4.78 is 11.1. The molecule has 5 nitrogen and oxygen atoms in total. The Kier molecular flexibility index (Phi) is 5.27. The summed E-state index contributed by atoms with van der Waals surface area (Å²) in [4.78, 5) is 12.3. The predicted molar refractivity (Wildman–Crippen MR) is 93.2 cm³/mol. The third-order valence-electron chi connectivity index (χ3n) is 5.66. The summed E-state index contributed by atoms with van der Waals surface area (Å²) in [6.07, 6.45) is 3.25. The zero-order chi connectivity index (χ0) is 18.0. The van der Waals surface area contributed by atoms with Gasteiger partial charge in [-0.2, -0.15) is 0 Å². The fourth-order valence-electron chi connectivity index (χ4n) is 4.35. The number of aliphatic hydroxyl groups excluding tert-OH is 2. The Labute approximate surface area is 148 Å². The second kappa shape index (κ2) is 7.28. The number of rotatable bonds is 6. The van der Waals surface area contributed by atoms with Crippen molar-refractivity contribution in [3.63, 3.8) is 0 Å². The minimum absolute atomic E-state index is 0.0489. The number of para-hydroxylation sites is 1. The Morgan fingerprint density at radius 1 is 1.36 bits per heavy atom. The van der Waals surface area contributed by atoms with Gasteiger partial charge in [0.15, 0.2) is 5.78 Å². The molecule has 0 bridgehead atoms. The zero-order valence-electron chi connectivity index (χ0n) is 14.7. The second-order valence-corrected chi connectivity index (χ2v) is 7.03. The predicted octanol–water partition coefficient (Wildman–Crippen LogP) is 1.97. The molecule has 3 rings (SSSR count). The maximum Gasteiger partial charge on any atom is 0.168 e. The average molecular weight is 346 g/mol. The van der Waals surface area contributed by atoms with Gasteiger partial charge in [-0.25, -0.2) is 0 Å². The number of fused-ring (bicyclic) bond motifs is 1. The van der Waals surface area contributed by atoms with E-state index >= 15 is 0 Å². The maximum atomic E-state index is 12.3. The van der Waals surface area contributed by atoms with E-state index < -0.39 is 17.8 Å². The third-order valence-corrected chi connectivity index (χ3v) is 5.66. The molecule has 2 saturated carbocycles. The molecule has 1 aromatic carbocycles. The summed E-state index contributed by atoms with van der Waals surface area (Å²) >= 11 is 0. The Morgan fingerprint density at radius 3 is 2.76 bits per heavy atom. The van der Waals surface area contributed by atoms with Crippen molar-refractivity contribution in [3.8, 4) is 5.75 Å². The number of ketones is 1. The lowest BCUT2D eigenvalue weighted by Gasteiger charge is -2.57. The molecule has 0 heterocycles. The van der Waals surface area contributed by atoms with Crippen molar-refractivity contribution in [2.75, 3.05) is 13.7 Å². The van der Waals surface area contributed by atoms with Gasteiger partial charge in [-0.05, 0) is 25.0 Å². The maximum absolute atomic E-state index is 12.3. The summed E-state index contributed by atoms with van der Waals surface area (Å²) in [5.74, 6) is 0.435. The minimum atomic E-state index is -0.780. The Morgan fingerprint density at radius 2 is 2.08 bits per heavy atom. The Bertz CT molecular complexity index is 628. The number of carbonyl (C=O) groups excluding carboxylic acids is 1. The number of aliphatic hydroxyl groups is 2. The van der Waals surface area contributed by atoms with E-state index in [9.17, 15) is 15.0 Å². The van der Waals surface area contributed by atoms with Crippen LogP contribution in [-0.2, 0) is 9.53 Å². The van der Waals surface area contributed by atoms with Gasteiger partial charge < -0.3 is 19.7 Å². The van der Waals surface area contributed by atoms with Crippen molar-refractivity contribution >= 4 is 5.78 Å². The zero-order valence-corrected chi connectivity index (χ0v) is 14.7. The molecule has 0 aromatic heterocycles. The van der Waals surface area contributed by atoms with E-state index in [1.165, 1.54) is 0 Å². The number of ether oxygens (including phenoxy) is 2. The SMILES string of the molecule is CO[C@]12CC[C@@H](O)[C@H](C=C[C@@H](O)COc3ccccc3)[C@H]1C(C)C2=O. The Hall–Kier alpha value is -1.69. The minimum Gasteiger partial charge on any atom is -0.491 e. The number of hydrogen-bond acceptors (Lipinski definition) is 5. The first-order valence-electron chi connectivity index (χ1n) is 8.81. The summed E-state index contributed by atoms with van der Waals surface area (Å²) in [5.41, 5.74) is -0.765. The van der Waals surface area contributed by atoms with E-state index in [1.807, 2.05) is 43.3 Å². The van der Waals surface area contributed by atoms with Crippen molar-refractivity contribution in [2.24, 2.45) is 17.8 Å². The van der Waals surface area contributed by atoms with E-state index in [0.29, 0.717) is 18.6 Å². The molecule has 6 atom stereocenters. The van der Waals surface area contributed by atoms with Gasteiger partial charge in [-0.15, -0.1) is 0 Å². The molecule has 2 fully saturated rings. The summed E-state index contributed by atoms with van der Waals surface area (Å²) in [6, 6.07) is 9.30. The van der Waals surface area contributed by atoms with Gasteiger partial charge >= 0.3 is 0 Å². The molecule has 1 aromatic rings. The van der Waals surface area contributed by atoms with Crippen LogP contribution in [0.25, 0.3) is 0 Å². The molecular formula is C20H26O5. The van der Waals surface area contributed by atoms with Crippen LogP contribution in [0, 0.1) is 17.8 Å². The van der Waals surface area contributed by atoms with Crippen LogP contribution in [0.2, 0.25) is 0 Å². The second-order valence-electron chi connectivity index (χ2n) is 7.03. The lowest BCUT2D eigenvalue weighted by atomic mass is 9.50. The van der Waals surface area contributed by atoms with Gasteiger partial charge in [-0.1, -0.05) is 37.3 Å². The van der Waals surface area contributed by atoms with Crippen molar-refractivity contribution in [1.29, 1.82) is 0 Å². The fraction of sp³-hybridized carbons (Fsp3) is 0.550. The molecule has 25 heavy (non-hydrogen) atoms. The Balaban J connectivity index is 1.64. The molecule has 0 spiro atoms. The number of hydrogen-bond donors (Lipinski definition) is 2. The van der Waals surface area contributed by atoms with Crippen LogP contribution in [0.3, 0.4) is 0 Å². The van der Waals surface area contributed by atoms with E-state index in [-0.39, 0.29) is 30.1 Å². The van der Waals surface area contributed by atoms with Crippen molar-refractivity contribution in [1.82, 2.24) is 0 Å². The quantitative estimate of drug-likeness (QED) is 0.770. The van der Waals surface area contributed by atoms with Gasteiger partial charge in [0, 0.05) is 24.9 Å². The van der Waals surface area contributed by atoms with Crippen molar-refractivity contribution in [2.45, 2.75) is 37.6 Å². The summed E-state index contributed by atoms with van der Waals surface area (Å²) in [7, 11) is 1.57. The molecule has 0 aliphatic heterocycles. The monoisotopic (exact) mass is 346 g/mol. The first-order valence-corrected chi connectivity index (χ1v) is 8.81. The fourth-order valence-corrected chi connectivity index (χ4v) is 4.35. The number of benzene rings is 1. The molecule has 0 amide bonds. The van der Waals surface area contributed by atoms with Gasteiger partial charge in [0.25, 0.3) is 0 Å². The lowest BCUT2D eigenvalue weighted by molar-refractivity contribution is -0.206. The molecule has 5 heteroatoms. The van der Waals surface area contributed by atoms with Crippen LogP contribution in [0.4, 0.5) is 0 Å². The summed E-state index contributed by atoms with van der Waals surface area (Å²) in [5, 5.41) is 20.5. The number of methoxy groups -OCH3 is 1. The molecule has 0 saturated heterocycles. The van der Waals surface area contributed by atoms with E-state index in [0.717, 1.165) is 0 Å². The van der Waals surface area contributed by atoms with Gasteiger partial charge in [0.2, 0.25) is 0 Å². The lowest BCUT2D eigenvalue weighted by Crippen LogP contribution is -2.69. The van der Waals surface area contributed by atoms with Crippen LogP contribution < -0.4 is 4.74 Å². The van der Waals surface area contributed by atoms with E-state index in [1.54, 1.807) is 13.2 Å². The van der Waals surface area contributed by atoms with Gasteiger partial charge in [-0.3, -0.25) is 4.79 Å². The van der Waals surface area contributed by atoms with E-state index in [2.05, 4.69) is 0 Å². The normalized spacial score (nSPS) is 35.9. The van der Waals surface area contributed by atoms with Gasteiger partial charge in [0.1, 0.15) is 24.1 Å². The van der Waals surface area contributed by atoms with Crippen molar-refractivity contribution in [3.05, 3.63) is 42.5 Å². The van der Waals surface area contributed by atoms with Gasteiger partial charge in [0.05, 0.1) is 6.10 Å². The molecule has 1 unspecified atom stereocenters. The third kappa shape index (κ3) is 3.24. The average Bonchev–Trinajstić information content (AvgIpc) is 2.65. The van der Waals surface area contributed by atoms with Crippen LogP contribution >= 0.6 is 0 Å². The standard InChI is InChI=1S/C20H26O5/c1-13-18-16(17(22)10-11-20(18,24-2)19(13)23)9-8-14(21)12-25-15-6-4-3-5-7-15/h3-9,13-14,16-18,21-22H,10-12H2,1-2H3/t13?,14-,16+,17-,18-,20-/m1/s1. The highest BCUT2D eigenvalue weighted by Gasteiger charge is 2.65. The first-order chi connectivity index (χ1) is 12.0. The summed E-state index contributed by atoms with van der Waals surface area (Å²) in [6.45, 7) is 2.02. The molecule has 2 aliphatic carbocycles. The molecule has 2 aliphatic rings. The highest BCUT2D eigenvalue weighted by molar-refractivity contribution is 5.96. The first kappa shape index (κ1) is 18.1. The van der Waals surface area contributed by atoms with Crippen molar-refractivity contribution < 1.29 is 24.5 Å². The topological polar surface area (TPSA) is 76.0 Å². The highest BCUT2D eigenvalue weighted by atomic mass is 16.5. The molecular weight excluding hydrogens is 320 g/mol. The number of Topliss-reactive ketones (excluding diaryl/α,β-unsaturated/α-hetero) is 1. The van der Waals surface area contributed by atoms with Crippen LogP contribution in [0.1, 0.15) is 19.8 Å². The van der Waals surface area contributed by atoms with E-state index in [4.69, 9.17) is 9.47 Å². The number of carbonyl (C=O) groups is 1. The largest absolute Gasteiger partial charge is 0.491 e.